The Kier molecular flexibility index (Phi) is 11.3. The molecule has 1 aromatic rings. The molecule has 3 amide bonds. The number of benzene rings is 1. The molecule has 2 unspecified atom stereocenters. The van der Waals surface area contributed by atoms with E-state index in [4.69, 9.17) is 4.74 Å². The van der Waals surface area contributed by atoms with Crippen molar-refractivity contribution in [1.29, 1.82) is 5.26 Å². The lowest BCUT2D eigenvalue weighted by atomic mass is 9.98. The van der Waals surface area contributed by atoms with Crippen LogP contribution >= 0.6 is 11.8 Å². The molecule has 0 radical (unpaired) electrons. The largest absolute Gasteiger partial charge is 0.444 e. The Morgan fingerprint density at radius 1 is 1.23 bits per heavy atom. The summed E-state index contributed by atoms with van der Waals surface area (Å²) < 4.78 is 5.34. The van der Waals surface area contributed by atoms with E-state index < -0.39 is 41.1 Å². The van der Waals surface area contributed by atoms with Crippen LogP contribution in [0, 0.1) is 11.3 Å². The van der Waals surface area contributed by atoms with Gasteiger partial charge in [-0.1, -0.05) is 30.9 Å². The van der Waals surface area contributed by atoms with Crippen LogP contribution in [-0.4, -0.2) is 58.5 Å². The first-order valence-electron chi connectivity index (χ1n) is 11.4. The van der Waals surface area contributed by atoms with E-state index in [1.54, 1.807) is 45.0 Å². The van der Waals surface area contributed by atoms with Crippen LogP contribution in [0.1, 0.15) is 65.1 Å². The van der Waals surface area contributed by atoms with Crippen LogP contribution in [0.2, 0.25) is 0 Å². The lowest BCUT2D eigenvalue weighted by Gasteiger charge is -2.34. The lowest BCUT2D eigenvalue weighted by Crippen LogP contribution is -2.54. The van der Waals surface area contributed by atoms with Gasteiger partial charge in [-0.05, 0) is 77.2 Å². The molecule has 0 heterocycles. The maximum atomic E-state index is 13.8. The van der Waals surface area contributed by atoms with Crippen molar-refractivity contribution >= 4 is 35.7 Å². The van der Waals surface area contributed by atoms with Crippen LogP contribution in [0.3, 0.4) is 0 Å². The number of nitriles is 1. The van der Waals surface area contributed by atoms with E-state index in [1.165, 1.54) is 16.7 Å². The van der Waals surface area contributed by atoms with Crippen molar-refractivity contribution in [2.45, 2.75) is 71.2 Å². The summed E-state index contributed by atoms with van der Waals surface area (Å²) >= 11 is 1.52. The first-order valence-corrected chi connectivity index (χ1v) is 12.8. The minimum atomic E-state index is -1.08. The molecule has 8 nitrogen and oxygen atoms in total. The van der Waals surface area contributed by atoms with Gasteiger partial charge in [-0.2, -0.15) is 17.0 Å². The van der Waals surface area contributed by atoms with Crippen molar-refractivity contribution in [2.24, 2.45) is 0 Å². The Morgan fingerprint density at radius 3 is 2.40 bits per heavy atom. The van der Waals surface area contributed by atoms with E-state index in [0.29, 0.717) is 17.7 Å². The average molecular weight is 503 g/mol. The number of carbonyl (C=O) groups is 3. The summed E-state index contributed by atoms with van der Waals surface area (Å²) in [5.41, 5.74) is -0.0105. The third kappa shape index (κ3) is 10.4. The minimum Gasteiger partial charge on any atom is -0.444 e. The molecule has 1 rings (SSSR count). The Hall–Kier alpha value is -2.99. The fourth-order valence-electron chi connectivity index (χ4n) is 3.28. The maximum absolute atomic E-state index is 13.8. The highest BCUT2D eigenvalue weighted by molar-refractivity contribution is 7.98. The van der Waals surface area contributed by atoms with Crippen LogP contribution in [0.15, 0.2) is 30.8 Å². The Balaban J connectivity index is 3.49. The molecule has 0 saturated carbocycles. The first-order chi connectivity index (χ1) is 16.2. The van der Waals surface area contributed by atoms with Gasteiger partial charge in [-0.25, -0.2) is 4.79 Å². The van der Waals surface area contributed by atoms with Gasteiger partial charge in [0.2, 0.25) is 11.8 Å². The molecule has 192 valence electrons. The molecular weight excluding hydrogens is 464 g/mol. The summed E-state index contributed by atoms with van der Waals surface area (Å²) in [5.74, 6) is -0.384. The number of nitrogens with one attached hydrogen (secondary N) is 2. The summed E-state index contributed by atoms with van der Waals surface area (Å²) in [4.78, 5) is 41.0. The molecule has 0 aliphatic rings. The number of rotatable bonds is 10. The number of carbonyl (C=O) groups excluding carboxylic acids is 3. The van der Waals surface area contributed by atoms with Crippen molar-refractivity contribution in [3.63, 3.8) is 0 Å². The number of thioether (sulfide) groups is 1. The van der Waals surface area contributed by atoms with Crippen LogP contribution in [0.4, 0.5) is 4.79 Å². The molecule has 0 spiro atoms. The molecule has 0 fully saturated rings. The van der Waals surface area contributed by atoms with Gasteiger partial charge in [-0.15, -0.1) is 0 Å². The molecule has 0 aromatic heterocycles. The van der Waals surface area contributed by atoms with Crippen molar-refractivity contribution in [2.75, 3.05) is 18.6 Å². The quantitative estimate of drug-likeness (QED) is 0.462. The SMILES string of the molecule is C=Cc1cccc(C(C(=O)NC(C)(C)C)N(CC#N)C(=O)C(CCSC)NC(=O)OC(C)(C)C)c1. The summed E-state index contributed by atoms with van der Waals surface area (Å²) in [6.07, 6.45) is 3.10. The standard InChI is InChI=1S/C26H38N4O4S/c1-9-18-11-10-12-19(17-18)21(22(31)29-25(2,3)4)30(15-14-27)23(32)20(13-16-35-8)28-24(33)34-26(5,6)7/h9-12,17,20-21H,1,13,15-16H2,2-8H3,(H,28,33)(H,29,31). The second-order valence-corrected chi connectivity index (χ2v) is 11.1. The number of hydrogen-bond donors (Lipinski definition) is 2. The molecule has 2 N–H and O–H groups in total. The van der Waals surface area contributed by atoms with Gasteiger partial charge in [-0.3, -0.25) is 9.59 Å². The third-order valence-electron chi connectivity index (χ3n) is 4.64. The van der Waals surface area contributed by atoms with Gasteiger partial charge in [0.1, 0.15) is 24.2 Å². The van der Waals surface area contributed by atoms with Crippen LogP contribution in [0.5, 0.6) is 0 Å². The summed E-state index contributed by atoms with van der Waals surface area (Å²) in [6, 6.07) is 7.03. The van der Waals surface area contributed by atoms with Crippen LogP contribution in [-0.2, 0) is 14.3 Å². The van der Waals surface area contributed by atoms with Crippen molar-refractivity contribution in [3.8, 4) is 6.07 Å². The maximum Gasteiger partial charge on any atom is 0.408 e. The zero-order valence-corrected chi connectivity index (χ0v) is 22.6. The number of ether oxygens (including phenoxy) is 1. The van der Waals surface area contributed by atoms with E-state index in [2.05, 4.69) is 17.2 Å². The van der Waals surface area contributed by atoms with E-state index in [9.17, 15) is 19.6 Å². The molecule has 0 saturated heterocycles. The Bertz CT molecular complexity index is 944. The number of hydrogen-bond acceptors (Lipinski definition) is 6. The fourth-order valence-corrected chi connectivity index (χ4v) is 3.75. The van der Waals surface area contributed by atoms with Gasteiger partial charge < -0.3 is 20.3 Å². The summed E-state index contributed by atoms with van der Waals surface area (Å²) in [7, 11) is 0. The number of amides is 3. The van der Waals surface area contributed by atoms with E-state index in [1.807, 2.05) is 39.2 Å². The molecule has 0 bridgehead atoms. The number of nitrogens with zero attached hydrogens (tertiary/aromatic N) is 2. The van der Waals surface area contributed by atoms with Gasteiger partial charge in [0.15, 0.2) is 0 Å². The predicted molar refractivity (Wildman–Crippen MR) is 141 cm³/mol. The first kappa shape index (κ1) is 30.0. The second kappa shape index (κ2) is 13.2. The third-order valence-corrected chi connectivity index (χ3v) is 5.29. The summed E-state index contributed by atoms with van der Waals surface area (Å²) in [6.45, 7) is 14.1. The highest BCUT2D eigenvalue weighted by atomic mass is 32.2. The van der Waals surface area contributed by atoms with Crippen molar-refractivity contribution < 1.29 is 19.1 Å². The van der Waals surface area contributed by atoms with Gasteiger partial charge in [0, 0.05) is 5.54 Å². The molecule has 0 aliphatic heterocycles. The average Bonchev–Trinajstić information content (AvgIpc) is 2.73. The van der Waals surface area contributed by atoms with Crippen LogP contribution < -0.4 is 10.6 Å². The van der Waals surface area contributed by atoms with E-state index in [0.717, 1.165) is 5.56 Å². The molecule has 35 heavy (non-hydrogen) atoms. The zero-order valence-electron chi connectivity index (χ0n) is 21.8. The van der Waals surface area contributed by atoms with Crippen LogP contribution in [0.25, 0.3) is 6.08 Å². The predicted octanol–water partition coefficient (Wildman–Crippen LogP) is 4.28. The zero-order chi connectivity index (χ0) is 26.8. The van der Waals surface area contributed by atoms with Gasteiger partial charge >= 0.3 is 6.09 Å². The molecule has 2 atom stereocenters. The smallest absolute Gasteiger partial charge is 0.408 e. The fraction of sp³-hybridized carbons (Fsp3) is 0.538. The minimum absolute atomic E-state index is 0.307. The van der Waals surface area contributed by atoms with Crippen molar-refractivity contribution in [1.82, 2.24) is 15.5 Å². The second-order valence-electron chi connectivity index (χ2n) is 10.1. The number of alkyl carbamates (subject to hydrolysis) is 1. The van der Waals surface area contributed by atoms with Crippen molar-refractivity contribution in [3.05, 3.63) is 42.0 Å². The molecule has 9 heteroatoms. The van der Waals surface area contributed by atoms with E-state index >= 15 is 0 Å². The molecule has 0 aliphatic carbocycles. The van der Waals surface area contributed by atoms with Gasteiger partial charge in [0.25, 0.3) is 0 Å². The normalized spacial score (nSPS) is 13.1. The Morgan fingerprint density at radius 2 is 1.89 bits per heavy atom. The topological polar surface area (TPSA) is 112 Å². The molecular formula is C26H38N4O4S. The van der Waals surface area contributed by atoms with E-state index in [-0.39, 0.29) is 6.54 Å². The Labute approximate surface area is 213 Å². The van der Waals surface area contributed by atoms with Gasteiger partial charge in [0.05, 0.1) is 6.07 Å². The highest BCUT2D eigenvalue weighted by Crippen LogP contribution is 2.25. The lowest BCUT2D eigenvalue weighted by molar-refractivity contribution is -0.142. The summed E-state index contributed by atoms with van der Waals surface area (Å²) in [5, 5.41) is 15.1. The molecule has 1 aromatic carbocycles. The monoisotopic (exact) mass is 502 g/mol. The highest BCUT2D eigenvalue weighted by Gasteiger charge is 2.37.